The third-order valence-corrected chi connectivity index (χ3v) is 2.55. The van der Waals surface area contributed by atoms with Crippen LogP contribution in [0.5, 0.6) is 0 Å². The predicted molar refractivity (Wildman–Crippen MR) is 48.1 cm³/mol. The first-order valence-corrected chi connectivity index (χ1v) is 4.70. The molecular weight excluding hydrogens is 154 g/mol. The first-order valence-electron chi connectivity index (χ1n) is 4.70. The van der Waals surface area contributed by atoms with E-state index in [0.717, 1.165) is 31.9 Å². The maximum atomic E-state index is 8.94. The summed E-state index contributed by atoms with van der Waals surface area (Å²) in [6, 6.07) is 0.320. The molecule has 1 rings (SSSR count). The molecule has 1 aliphatic rings. The molecule has 1 aliphatic heterocycles. The van der Waals surface area contributed by atoms with E-state index in [1.54, 1.807) is 7.11 Å². The van der Waals surface area contributed by atoms with Gasteiger partial charge in [0.05, 0.1) is 6.61 Å². The molecule has 1 fully saturated rings. The van der Waals surface area contributed by atoms with Gasteiger partial charge >= 0.3 is 0 Å². The molecule has 3 heteroatoms. The number of methoxy groups -OCH3 is 1. The van der Waals surface area contributed by atoms with Crippen LogP contribution >= 0.6 is 0 Å². The molecule has 2 N–H and O–H groups in total. The fourth-order valence-corrected chi connectivity index (χ4v) is 1.78. The zero-order valence-electron chi connectivity index (χ0n) is 7.75. The summed E-state index contributed by atoms with van der Waals surface area (Å²) in [5.41, 5.74) is 0. The molecule has 2 unspecified atom stereocenters. The molecule has 1 heterocycles. The van der Waals surface area contributed by atoms with Gasteiger partial charge in [0.1, 0.15) is 0 Å². The van der Waals surface area contributed by atoms with Crippen molar-refractivity contribution in [3.05, 3.63) is 0 Å². The standard InChI is InChI=1S/C9H19NO2/c1-12-5-3-8-2-4-10-9(6-8)7-11/h8-11H,2-7H2,1H3. The van der Waals surface area contributed by atoms with Crippen molar-refractivity contribution in [1.29, 1.82) is 0 Å². The van der Waals surface area contributed by atoms with E-state index < -0.39 is 0 Å². The molecule has 0 bridgehead atoms. The van der Waals surface area contributed by atoms with Crippen molar-refractivity contribution in [3.8, 4) is 0 Å². The van der Waals surface area contributed by atoms with Crippen LogP contribution in [-0.2, 0) is 4.74 Å². The zero-order valence-corrected chi connectivity index (χ0v) is 7.75. The highest BCUT2D eigenvalue weighted by Gasteiger charge is 2.19. The molecule has 72 valence electrons. The van der Waals surface area contributed by atoms with Crippen LogP contribution in [0, 0.1) is 5.92 Å². The Morgan fingerprint density at radius 2 is 2.42 bits per heavy atom. The van der Waals surface area contributed by atoms with Crippen LogP contribution in [-0.4, -0.2) is 38.0 Å². The maximum absolute atomic E-state index is 8.94. The Kier molecular flexibility index (Phi) is 4.58. The van der Waals surface area contributed by atoms with Crippen molar-refractivity contribution in [2.75, 3.05) is 26.9 Å². The molecule has 1 saturated heterocycles. The van der Waals surface area contributed by atoms with Crippen molar-refractivity contribution in [3.63, 3.8) is 0 Å². The van der Waals surface area contributed by atoms with E-state index in [1.807, 2.05) is 0 Å². The molecule has 0 aromatic carbocycles. The highest BCUT2D eigenvalue weighted by molar-refractivity contribution is 4.77. The Hall–Kier alpha value is -0.120. The number of ether oxygens (including phenoxy) is 1. The summed E-state index contributed by atoms with van der Waals surface area (Å²) >= 11 is 0. The summed E-state index contributed by atoms with van der Waals surface area (Å²) in [4.78, 5) is 0. The van der Waals surface area contributed by atoms with E-state index in [1.165, 1.54) is 6.42 Å². The van der Waals surface area contributed by atoms with Gasteiger partial charge in [0.2, 0.25) is 0 Å². The molecule has 0 spiro atoms. The minimum Gasteiger partial charge on any atom is -0.395 e. The monoisotopic (exact) mass is 173 g/mol. The molecule has 2 atom stereocenters. The van der Waals surface area contributed by atoms with E-state index in [-0.39, 0.29) is 6.61 Å². The largest absolute Gasteiger partial charge is 0.395 e. The minimum atomic E-state index is 0.267. The molecule has 12 heavy (non-hydrogen) atoms. The van der Waals surface area contributed by atoms with E-state index >= 15 is 0 Å². The van der Waals surface area contributed by atoms with Gasteiger partial charge in [-0.3, -0.25) is 0 Å². The molecule has 3 nitrogen and oxygen atoms in total. The maximum Gasteiger partial charge on any atom is 0.0584 e. The van der Waals surface area contributed by atoms with Crippen LogP contribution in [0.4, 0.5) is 0 Å². The van der Waals surface area contributed by atoms with Crippen molar-refractivity contribution in [2.45, 2.75) is 25.3 Å². The van der Waals surface area contributed by atoms with Gasteiger partial charge in [0.25, 0.3) is 0 Å². The SMILES string of the molecule is COCCC1CCNC(CO)C1. The van der Waals surface area contributed by atoms with Crippen molar-refractivity contribution in [1.82, 2.24) is 5.32 Å². The number of rotatable bonds is 4. The van der Waals surface area contributed by atoms with Gasteiger partial charge in [-0.15, -0.1) is 0 Å². The summed E-state index contributed by atoms with van der Waals surface area (Å²) in [6.07, 6.45) is 3.45. The summed E-state index contributed by atoms with van der Waals surface area (Å²) in [5, 5.41) is 12.2. The lowest BCUT2D eigenvalue weighted by atomic mass is 9.90. The normalized spacial score (nSPS) is 30.5. The van der Waals surface area contributed by atoms with E-state index in [4.69, 9.17) is 9.84 Å². The Balaban J connectivity index is 2.16. The van der Waals surface area contributed by atoms with Crippen molar-refractivity contribution in [2.24, 2.45) is 5.92 Å². The Morgan fingerprint density at radius 1 is 1.58 bits per heavy atom. The predicted octanol–water partition coefficient (Wildman–Crippen LogP) is 0.383. The first kappa shape index (κ1) is 9.96. The van der Waals surface area contributed by atoms with Crippen molar-refractivity contribution >= 4 is 0 Å². The summed E-state index contributed by atoms with van der Waals surface area (Å²) in [7, 11) is 1.74. The average molecular weight is 173 g/mol. The van der Waals surface area contributed by atoms with E-state index in [9.17, 15) is 0 Å². The van der Waals surface area contributed by atoms with Gasteiger partial charge in [-0.1, -0.05) is 0 Å². The fraction of sp³-hybridized carbons (Fsp3) is 1.00. The quantitative estimate of drug-likeness (QED) is 0.646. The number of hydrogen-bond acceptors (Lipinski definition) is 3. The molecule has 0 aromatic rings. The minimum absolute atomic E-state index is 0.267. The third-order valence-electron chi connectivity index (χ3n) is 2.55. The molecule has 0 aromatic heterocycles. The van der Waals surface area contributed by atoms with Crippen molar-refractivity contribution < 1.29 is 9.84 Å². The highest BCUT2D eigenvalue weighted by atomic mass is 16.5. The molecule has 0 aliphatic carbocycles. The van der Waals surface area contributed by atoms with Gasteiger partial charge in [0, 0.05) is 19.8 Å². The van der Waals surface area contributed by atoms with Gasteiger partial charge in [-0.2, -0.15) is 0 Å². The van der Waals surface area contributed by atoms with Crippen LogP contribution in [0.25, 0.3) is 0 Å². The fourth-order valence-electron chi connectivity index (χ4n) is 1.78. The second-order valence-corrected chi connectivity index (χ2v) is 3.51. The van der Waals surface area contributed by atoms with E-state index in [0.29, 0.717) is 6.04 Å². The van der Waals surface area contributed by atoms with Crippen LogP contribution in [0.1, 0.15) is 19.3 Å². The lowest BCUT2D eigenvalue weighted by Gasteiger charge is -2.28. The number of aliphatic hydroxyl groups is 1. The average Bonchev–Trinajstić information content (AvgIpc) is 2.15. The number of nitrogens with one attached hydrogen (secondary N) is 1. The molecule has 0 amide bonds. The van der Waals surface area contributed by atoms with Crippen LogP contribution in [0.15, 0.2) is 0 Å². The summed E-state index contributed by atoms with van der Waals surface area (Å²) in [6.45, 7) is 2.16. The highest BCUT2D eigenvalue weighted by Crippen LogP contribution is 2.19. The summed E-state index contributed by atoms with van der Waals surface area (Å²) < 4.78 is 5.03. The van der Waals surface area contributed by atoms with Crippen LogP contribution < -0.4 is 5.32 Å². The zero-order chi connectivity index (χ0) is 8.81. The van der Waals surface area contributed by atoms with Gasteiger partial charge < -0.3 is 15.2 Å². The topological polar surface area (TPSA) is 41.5 Å². The lowest BCUT2D eigenvalue weighted by Crippen LogP contribution is -2.40. The first-order chi connectivity index (χ1) is 5.86. The number of hydrogen-bond donors (Lipinski definition) is 2. The van der Waals surface area contributed by atoms with E-state index in [2.05, 4.69) is 5.32 Å². The molecule has 0 saturated carbocycles. The van der Waals surface area contributed by atoms with Crippen LogP contribution in [0.3, 0.4) is 0 Å². The smallest absolute Gasteiger partial charge is 0.0584 e. The lowest BCUT2D eigenvalue weighted by molar-refractivity contribution is 0.144. The summed E-state index contributed by atoms with van der Waals surface area (Å²) in [5.74, 6) is 0.739. The van der Waals surface area contributed by atoms with Gasteiger partial charge in [0.15, 0.2) is 0 Å². The second kappa shape index (κ2) is 5.51. The number of aliphatic hydroxyl groups excluding tert-OH is 1. The third kappa shape index (κ3) is 3.09. The van der Waals surface area contributed by atoms with Crippen LogP contribution in [0.2, 0.25) is 0 Å². The second-order valence-electron chi connectivity index (χ2n) is 3.51. The Bertz CT molecular complexity index is 119. The van der Waals surface area contributed by atoms with Gasteiger partial charge in [-0.25, -0.2) is 0 Å². The Morgan fingerprint density at radius 3 is 3.08 bits per heavy atom. The Labute approximate surface area is 74.1 Å². The van der Waals surface area contributed by atoms with Gasteiger partial charge in [-0.05, 0) is 31.7 Å². The number of piperidine rings is 1. The molecule has 0 radical (unpaired) electrons. The molecular formula is C9H19NO2.